The summed E-state index contributed by atoms with van der Waals surface area (Å²) in [5, 5.41) is 11.5. The lowest BCUT2D eigenvalue weighted by Gasteiger charge is -2.43. The summed E-state index contributed by atoms with van der Waals surface area (Å²) in [6.07, 6.45) is -1.05. The molecule has 0 fully saturated rings. The number of ether oxygens (including phenoxy) is 2. The molecule has 0 atom stereocenters. The van der Waals surface area contributed by atoms with Crippen molar-refractivity contribution in [1.82, 2.24) is 4.90 Å². The van der Waals surface area contributed by atoms with Gasteiger partial charge in [-0.2, -0.15) is 13.2 Å². The molecule has 0 N–H and O–H groups in total. The fraction of sp³-hybridized carbons (Fsp3) is 0.379. The lowest BCUT2D eigenvalue weighted by atomic mass is 9.71. The van der Waals surface area contributed by atoms with E-state index in [1.54, 1.807) is 12.1 Å². The predicted octanol–water partition coefficient (Wildman–Crippen LogP) is 6.85. The third kappa shape index (κ3) is 4.73. The highest BCUT2D eigenvalue weighted by atomic mass is 19.4. The van der Waals surface area contributed by atoms with Crippen LogP contribution in [-0.4, -0.2) is 35.0 Å². The maximum Gasteiger partial charge on any atom is 0.416 e. The van der Waals surface area contributed by atoms with Gasteiger partial charge in [-0.3, -0.25) is 19.7 Å². The normalized spacial score (nSPS) is 18.1. The van der Waals surface area contributed by atoms with Crippen molar-refractivity contribution in [2.75, 3.05) is 13.7 Å². The molecule has 0 aromatic heterocycles. The van der Waals surface area contributed by atoms with Gasteiger partial charge >= 0.3 is 11.9 Å². The number of hydrogen-bond donors (Lipinski definition) is 0. The van der Waals surface area contributed by atoms with E-state index in [-0.39, 0.29) is 28.8 Å². The number of nitro benzene ring substituents is 1. The number of rotatable bonds is 6. The van der Waals surface area contributed by atoms with E-state index in [1.807, 2.05) is 6.92 Å². The largest absolute Gasteiger partial charge is 0.493 e. The molecule has 2 aliphatic carbocycles. The highest BCUT2D eigenvalue weighted by Gasteiger charge is 2.43. The minimum absolute atomic E-state index is 0.00528. The van der Waals surface area contributed by atoms with Gasteiger partial charge < -0.3 is 14.4 Å². The van der Waals surface area contributed by atoms with Crippen molar-refractivity contribution in [3.8, 4) is 17.2 Å². The lowest BCUT2D eigenvalue weighted by molar-refractivity contribution is -0.385. The van der Waals surface area contributed by atoms with Crippen molar-refractivity contribution >= 4 is 17.3 Å². The van der Waals surface area contributed by atoms with E-state index in [2.05, 4.69) is 4.90 Å². The zero-order chi connectivity index (χ0) is 28.8. The molecular weight excluding hydrogens is 529 g/mol. The standard InChI is InChI=1S/C29H27F3N2O6/c1-3-33-18-6-4-8-21(35)27(18)26(28-19(33)7-5-9-22(28)36)16-10-12-24(25(14-16)39-2)40-23-13-11-17(29(30,31)32)15-20(23)34(37)38/h10-15,26H,3-9H2,1-2H3. The Hall–Kier alpha value is -4.15. The van der Waals surface area contributed by atoms with Crippen LogP contribution in [0.25, 0.3) is 0 Å². The maximum absolute atomic E-state index is 13.3. The van der Waals surface area contributed by atoms with Crippen LogP contribution < -0.4 is 9.47 Å². The molecule has 1 aliphatic heterocycles. The second-order valence-corrected chi connectivity index (χ2v) is 9.90. The first-order valence-electron chi connectivity index (χ1n) is 13.1. The van der Waals surface area contributed by atoms with Gasteiger partial charge in [-0.25, -0.2) is 0 Å². The number of halogens is 3. The summed E-state index contributed by atoms with van der Waals surface area (Å²) in [5.41, 5.74) is 1.71. The molecule has 210 valence electrons. The van der Waals surface area contributed by atoms with Crippen LogP contribution in [0.5, 0.6) is 17.2 Å². The van der Waals surface area contributed by atoms with E-state index in [1.165, 1.54) is 13.2 Å². The summed E-state index contributed by atoms with van der Waals surface area (Å²) < 4.78 is 50.6. The number of carbonyl (C=O) groups excluding carboxylic acids is 2. The Balaban J connectivity index is 1.59. The van der Waals surface area contributed by atoms with Crippen LogP contribution >= 0.6 is 0 Å². The zero-order valence-corrected chi connectivity index (χ0v) is 22.0. The monoisotopic (exact) mass is 556 g/mol. The Morgan fingerprint density at radius 2 is 1.52 bits per heavy atom. The summed E-state index contributed by atoms with van der Waals surface area (Å²) >= 11 is 0. The molecular formula is C29H27F3N2O6. The maximum atomic E-state index is 13.3. The molecule has 0 bridgehead atoms. The van der Waals surface area contributed by atoms with E-state index in [0.717, 1.165) is 43.1 Å². The van der Waals surface area contributed by atoms with Gasteiger partial charge in [0.15, 0.2) is 23.1 Å². The summed E-state index contributed by atoms with van der Waals surface area (Å²) in [6.45, 7) is 2.65. The van der Waals surface area contributed by atoms with Crippen molar-refractivity contribution in [3.63, 3.8) is 0 Å². The first-order valence-corrected chi connectivity index (χ1v) is 13.1. The van der Waals surface area contributed by atoms with Gasteiger partial charge in [-0.15, -0.1) is 0 Å². The zero-order valence-electron chi connectivity index (χ0n) is 22.0. The van der Waals surface area contributed by atoms with Crippen LogP contribution in [0.4, 0.5) is 18.9 Å². The number of nitro groups is 1. The number of Topliss-reactive ketones (excluding diaryl/α,β-unsaturated/α-hetero) is 2. The Morgan fingerprint density at radius 3 is 2.05 bits per heavy atom. The van der Waals surface area contributed by atoms with Gasteiger partial charge in [0.05, 0.1) is 17.6 Å². The molecule has 40 heavy (non-hydrogen) atoms. The first kappa shape index (κ1) is 27.4. The molecule has 8 nitrogen and oxygen atoms in total. The molecule has 0 amide bonds. The highest BCUT2D eigenvalue weighted by Crippen LogP contribution is 2.50. The quantitative estimate of drug-likeness (QED) is 0.284. The van der Waals surface area contributed by atoms with E-state index in [4.69, 9.17) is 9.47 Å². The fourth-order valence-electron chi connectivity index (χ4n) is 5.92. The van der Waals surface area contributed by atoms with E-state index in [9.17, 15) is 32.9 Å². The highest BCUT2D eigenvalue weighted by molar-refractivity contribution is 6.06. The van der Waals surface area contributed by atoms with E-state index in [0.29, 0.717) is 48.2 Å². The molecule has 0 saturated heterocycles. The second-order valence-electron chi connectivity index (χ2n) is 9.90. The summed E-state index contributed by atoms with van der Waals surface area (Å²) in [7, 11) is 1.36. The van der Waals surface area contributed by atoms with Crippen LogP contribution in [0.2, 0.25) is 0 Å². The molecule has 2 aromatic carbocycles. The molecule has 11 heteroatoms. The number of alkyl halides is 3. The van der Waals surface area contributed by atoms with Crippen LogP contribution in [0, 0.1) is 10.1 Å². The number of hydrogen-bond acceptors (Lipinski definition) is 7. The van der Waals surface area contributed by atoms with Crippen molar-refractivity contribution in [2.24, 2.45) is 0 Å². The summed E-state index contributed by atoms with van der Waals surface area (Å²) in [6, 6.07) is 6.79. The van der Waals surface area contributed by atoms with Crippen LogP contribution in [0.1, 0.15) is 62.5 Å². The van der Waals surface area contributed by atoms with Gasteiger partial charge in [-0.1, -0.05) is 6.07 Å². The molecule has 1 heterocycles. The van der Waals surface area contributed by atoms with Crippen molar-refractivity contribution < 1.29 is 37.2 Å². The Kier molecular flexibility index (Phi) is 7.16. The van der Waals surface area contributed by atoms with Crippen LogP contribution in [0.15, 0.2) is 58.9 Å². The third-order valence-electron chi connectivity index (χ3n) is 7.63. The number of nitrogens with zero attached hydrogens (tertiary/aromatic N) is 2. The van der Waals surface area contributed by atoms with Crippen molar-refractivity contribution in [3.05, 3.63) is 80.2 Å². The molecule has 0 spiro atoms. The topological polar surface area (TPSA) is 99.0 Å². The first-order chi connectivity index (χ1) is 19.0. The fourth-order valence-corrected chi connectivity index (χ4v) is 5.92. The molecule has 3 aliphatic rings. The number of benzene rings is 2. The van der Waals surface area contributed by atoms with Crippen LogP contribution in [-0.2, 0) is 15.8 Å². The second kappa shape index (κ2) is 10.4. The van der Waals surface area contributed by atoms with E-state index < -0.39 is 28.3 Å². The Bertz CT molecular complexity index is 1430. The molecule has 5 rings (SSSR count). The molecule has 2 aromatic rings. The molecule has 0 saturated carbocycles. The predicted molar refractivity (Wildman–Crippen MR) is 138 cm³/mol. The number of carbonyl (C=O) groups is 2. The van der Waals surface area contributed by atoms with Crippen LogP contribution in [0.3, 0.4) is 0 Å². The minimum Gasteiger partial charge on any atom is -0.493 e. The van der Waals surface area contributed by atoms with Crippen molar-refractivity contribution in [2.45, 2.75) is 57.5 Å². The van der Waals surface area contributed by atoms with Gasteiger partial charge in [0, 0.05) is 53.9 Å². The van der Waals surface area contributed by atoms with Gasteiger partial charge in [0.2, 0.25) is 5.75 Å². The summed E-state index contributed by atoms with van der Waals surface area (Å²) in [5.74, 6) is -0.797. The third-order valence-corrected chi connectivity index (χ3v) is 7.63. The van der Waals surface area contributed by atoms with Crippen molar-refractivity contribution in [1.29, 1.82) is 0 Å². The molecule has 0 unspecified atom stereocenters. The summed E-state index contributed by atoms with van der Waals surface area (Å²) in [4.78, 5) is 39.3. The number of allylic oxidation sites excluding steroid dienone is 4. The molecule has 0 radical (unpaired) electrons. The van der Waals surface area contributed by atoms with Gasteiger partial charge in [0.1, 0.15) is 0 Å². The Labute approximate surface area is 228 Å². The smallest absolute Gasteiger partial charge is 0.416 e. The lowest BCUT2D eigenvalue weighted by Crippen LogP contribution is -2.39. The van der Waals surface area contributed by atoms with E-state index >= 15 is 0 Å². The SMILES string of the molecule is CCN1C2=C(C(=O)CCC2)C(c2ccc(Oc3ccc(C(F)(F)F)cc3[N+](=O)[O-])c(OC)c2)C2=C1CCCC2=O. The Morgan fingerprint density at radius 1 is 0.925 bits per heavy atom. The van der Waals surface area contributed by atoms with Gasteiger partial charge in [0.25, 0.3) is 0 Å². The average Bonchev–Trinajstić information content (AvgIpc) is 2.92. The average molecular weight is 557 g/mol. The number of methoxy groups -OCH3 is 1. The minimum atomic E-state index is -4.76. The number of ketones is 2. The van der Waals surface area contributed by atoms with Gasteiger partial charge in [-0.05, 0) is 62.4 Å².